The van der Waals surface area contributed by atoms with Crippen molar-refractivity contribution in [1.82, 2.24) is 0 Å². The fourth-order valence-electron chi connectivity index (χ4n) is 2.02. The molecular weight excluding hydrogens is 270 g/mol. The van der Waals surface area contributed by atoms with Gasteiger partial charge in [0.2, 0.25) is 5.75 Å². The summed E-state index contributed by atoms with van der Waals surface area (Å²) in [4.78, 5) is 0. The molecule has 0 saturated carbocycles. The van der Waals surface area contributed by atoms with E-state index in [9.17, 15) is 5.11 Å². The molecule has 0 fully saturated rings. The third-order valence-electron chi connectivity index (χ3n) is 3.66. The maximum Gasteiger partial charge on any atom is 0.203 e. The second-order valence-electron chi connectivity index (χ2n) is 6.18. The SMILES string of the molecule is COc1cc([C@H](O)C[C@@H](N)C(C)(C)C)cc(OC)c1OC. The standard InChI is InChI=1S/C16H27NO4/c1-16(2,3)14(17)9-11(18)10-7-12(19-4)15(21-6)13(8-10)20-5/h7-8,11,14,18H,9,17H2,1-6H3/t11-,14-/m1/s1. The molecule has 120 valence electrons. The normalized spacial score (nSPS) is 14.5. The molecular formula is C16H27NO4. The van der Waals surface area contributed by atoms with Crippen molar-refractivity contribution in [2.75, 3.05) is 21.3 Å². The van der Waals surface area contributed by atoms with Crippen LogP contribution in [0.3, 0.4) is 0 Å². The van der Waals surface area contributed by atoms with Crippen molar-refractivity contribution in [3.8, 4) is 17.2 Å². The first kappa shape index (κ1) is 17.6. The number of methoxy groups -OCH3 is 3. The van der Waals surface area contributed by atoms with Crippen LogP contribution in [0.5, 0.6) is 17.2 Å². The predicted octanol–water partition coefficient (Wildman–Crippen LogP) is 2.51. The summed E-state index contributed by atoms with van der Waals surface area (Å²) in [5.74, 6) is 1.56. The molecule has 2 atom stereocenters. The Labute approximate surface area is 127 Å². The molecule has 0 bridgehead atoms. The van der Waals surface area contributed by atoms with Gasteiger partial charge in [0.1, 0.15) is 0 Å². The third kappa shape index (κ3) is 4.25. The van der Waals surface area contributed by atoms with Gasteiger partial charge < -0.3 is 25.1 Å². The molecule has 5 nitrogen and oxygen atoms in total. The van der Waals surface area contributed by atoms with Crippen LogP contribution < -0.4 is 19.9 Å². The van der Waals surface area contributed by atoms with Crippen molar-refractivity contribution < 1.29 is 19.3 Å². The Hall–Kier alpha value is -1.46. The molecule has 1 aromatic rings. The van der Waals surface area contributed by atoms with E-state index in [-0.39, 0.29) is 11.5 Å². The lowest BCUT2D eigenvalue weighted by molar-refractivity contribution is 0.132. The maximum absolute atomic E-state index is 10.4. The molecule has 1 rings (SSSR count). The minimum Gasteiger partial charge on any atom is -0.493 e. The van der Waals surface area contributed by atoms with Crippen LogP contribution >= 0.6 is 0 Å². The fraction of sp³-hybridized carbons (Fsp3) is 0.625. The Balaban J connectivity index is 3.07. The van der Waals surface area contributed by atoms with Gasteiger partial charge in [0, 0.05) is 6.04 Å². The smallest absolute Gasteiger partial charge is 0.203 e. The summed E-state index contributed by atoms with van der Waals surface area (Å²) in [5.41, 5.74) is 6.77. The number of benzene rings is 1. The monoisotopic (exact) mass is 297 g/mol. The number of hydrogen-bond acceptors (Lipinski definition) is 5. The highest BCUT2D eigenvalue weighted by Gasteiger charge is 2.25. The number of nitrogens with two attached hydrogens (primary N) is 1. The number of aliphatic hydroxyl groups excluding tert-OH is 1. The van der Waals surface area contributed by atoms with E-state index < -0.39 is 6.10 Å². The Bertz CT molecular complexity index is 443. The first-order valence-electron chi connectivity index (χ1n) is 6.98. The van der Waals surface area contributed by atoms with Crippen LogP contribution in [0.4, 0.5) is 0 Å². The molecule has 0 heterocycles. The molecule has 21 heavy (non-hydrogen) atoms. The topological polar surface area (TPSA) is 73.9 Å². The van der Waals surface area contributed by atoms with Gasteiger partial charge in [-0.2, -0.15) is 0 Å². The summed E-state index contributed by atoms with van der Waals surface area (Å²) in [7, 11) is 4.65. The zero-order valence-electron chi connectivity index (χ0n) is 13.8. The fourth-order valence-corrected chi connectivity index (χ4v) is 2.02. The van der Waals surface area contributed by atoms with Gasteiger partial charge in [-0.1, -0.05) is 20.8 Å². The van der Waals surface area contributed by atoms with Gasteiger partial charge in [-0.15, -0.1) is 0 Å². The zero-order chi connectivity index (χ0) is 16.2. The number of rotatable bonds is 6. The maximum atomic E-state index is 10.4. The average molecular weight is 297 g/mol. The van der Waals surface area contributed by atoms with Crippen LogP contribution in [0.15, 0.2) is 12.1 Å². The molecule has 0 aliphatic heterocycles. The van der Waals surface area contributed by atoms with E-state index in [4.69, 9.17) is 19.9 Å². The first-order valence-corrected chi connectivity index (χ1v) is 6.98. The van der Waals surface area contributed by atoms with Crippen LogP contribution in [0.2, 0.25) is 0 Å². The van der Waals surface area contributed by atoms with E-state index in [1.165, 1.54) is 0 Å². The minimum absolute atomic E-state index is 0.0678. The zero-order valence-corrected chi connectivity index (χ0v) is 13.8. The molecule has 1 aromatic carbocycles. The average Bonchev–Trinajstić information content (AvgIpc) is 2.44. The van der Waals surface area contributed by atoms with E-state index in [1.54, 1.807) is 33.5 Å². The predicted molar refractivity (Wildman–Crippen MR) is 83.1 cm³/mol. The lowest BCUT2D eigenvalue weighted by Crippen LogP contribution is -2.36. The highest BCUT2D eigenvalue weighted by molar-refractivity contribution is 5.54. The van der Waals surface area contributed by atoms with Crippen LogP contribution in [-0.2, 0) is 0 Å². The molecule has 0 aliphatic carbocycles. The van der Waals surface area contributed by atoms with Gasteiger partial charge >= 0.3 is 0 Å². The Morgan fingerprint density at radius 3 is 1.86 bits per heavy atom. The van der Waals surface area contributed by atoms with E-state index in [0.717, 1.165) is 0 Å². The van der Waals surface area contributed by atoms with Gasteiger partial charge in [0.05, 0.1) is 27.4 Å². The Morgan fingerprint density at radius 2 is 1.52 bits per heavy atom. The van der Waals surface area contributed by atoms with Crippen LogP contribution in [0.1, 0.15) is 38.9 Å². The molecule has 0 aromatic heterocycles. The van der Waals surface area contributed by atoms with Gasteiger partial charge in [-0.05, 0) is 29.5 Å². The summed E-state index contributed by atoms with van der Waals surface area (Å²) >= 11 is 0. The van der Waals surface area contributed by atoms with Crippen molar-refractivity contribution in [2.45, 2.75) is 39.3 Å². The molecule has 0 radical (unpaired) electrons. The molecule has 0 spiro atoms. The van der Waals surface area contributed by atoms with Gasteiger partial charge in [-0.3, -0.25) is 0 Å². The van der Waals surface area contributed by atoms with Crippen molar-refractivity contribution in [3.05, 3.63) is 17.7 Å². The number of ether oxygens (including phenoxy) is 3. The summed E-state index contributed by atoms with van der Waals surface area (Å²) in [6.07, 6.45) is -0.227. The third-order valence-corrected chi connectivity index (χ3v) is 3.66. The molecule has 0 unspecified atom stereocenters. The molecule has 3 N–H and O–H groups in total. The van der Waals surface area contributed by atoms with Crippen molar-refractivity contribution in [3.63, 3.8) is 0 Å². The molecule has 0 amide bonds. The second kappa shape index (κ2) is 7.00. The van der Waals surface area contributed by atoms with Crippen molar-refractivity contribution in [2.24, 2.45) is 11.1 Å². The summed E-state index contributed by atoms with van der Waals surface area (Å²) in [6, 6.07) is 3.38. The summed E-state index contributed by atoms with van der Waals surface area (Å²) < 4.78 is 15.9. The number of hydrogen-bond donors (Lipinski definition) is 2. The van der Waals surface area contributed by atoms with E-state index >= 15 is 0 Å². The second-order valence-corrected chi connectivity index (χ2v) is 6.18. The summed E-state index contributed by atoms with van der Waals surface area (Å²) in [5, 5.41) is 10.4. The highest BCUT2D eigenvalue weighted by atomic mass is 16.5. The molecule has 0 aliphatic rings. The lowest BCUT2D eigenvalue weighted by atomic mass is 9.83. The Morgan fingerprint density at radius 1 is 1.05 bits per heavy atom. The van der Waals surface area contributed by atoms with Crippen molar-refractivity contribution in [1.29, 1.82) is 0 Å². The quantitative estimate of drug-likeness (QED) is 0.844. The Kier molecular flexibility index (Phi) is 5.87. The van der Waals surface area contributed by atoms with Crippen LogP contribution in [-0.4, -0.2) is 32.5 Å². The molecule has 5 heteroatoms. The first-order chi connectivity index (χ1) is 9.74. The number of aliphatic hydroxyl groups is 1. The van der Waals surface area contributed by atoms with Crippen molar-refractivity contribution >= 4 is 0 Å². The van der Waals surface area contributed by atoms with Gasteiger partial charge in [-0.25, -0.2) is 0 Å². The van der Waals surface area contributed by atoms with Crippen LogP contribution in [0, 0.1) is 5.41 Å². The van der Waals surface area contributed by atoms with E-state index in [1.807, 2.05) is 0 Å². The van der Waals surface area contributed by atoms with Gasteiger partial charge in [0.25, 0.3) is 0 Å². The summed E-state index contributed by atoms with van der Waals surface area (Å²) in [6.45, 7) is 6.17. The largest absolute Gasteiger partial charge is 0.493 e. The minimum atomic E-state index is -0.687. The van der Waals surface area contributed by atoms with Gasteiger partial charge in [0.15, 0.2) is 11.5 Å². The lowest BCUT2D eigenvalue weighted by Gasteiger charge is -2.29. The van der Waals surface area contributed by atoms with E-state index in [2.05, 4.69) is 20.8 Å². The highest BCUT2D eigenvalue weighted by Crippen LogP contribution is 2.40. The van der Waals surface area contributed by atoms with E-state index in [0.29, 0.717) is 29.2 Å². The van der Waals surface area contributed by atoms with Crippen LogP contribution in [0.25, 0.3) is 0 Å². The molecule has 0 saturated heterocycles.